The number of nitrogens with one attached hydrogen (secondary N) is 1. The van der Waals surface area contributed by atoms with E-state index in [4.69, 9.17) is 9.47 Å². The summed E-state index contributed by atoms with van der Waals surface area (Å²) in [6.45, 7) is 5.88. The number of rotatable bonds is 8. The van der Waals surface area contributed by atoms with Crippen molar-refractivity contribution in [3.63, 3.8) is 0 Å². The second kappa shape index (κ2) is 10.6. The molecule has 5 rings (SSSR count). The summed E-state index contributed by atoms with van der Waals surface area (Å²) in [5.74, 6) is 0.785. The van der Waals surface area contributed by atoms with Gasteiger partial charge in [0, 0.05) is 48.6 Å². The van der Waals surface area contributed by atoms with Gasteiger partial charge in [0.25, 0.3) is 11.5 Å². The van der Waals surface area contributed by atoms with Gasteiger partial charge in [0.2, 0.25) is 10.0 Å². The van der Waals surface area contributed by atoms with E-state index in [0.29, 0.717) is 55.6 Å². The number of ether oxygens (including phenoxy) is 2. The molecule has 0 aliphatic carbocycles. The predicted molar refractivity (Wildman–Crippen MR) is 143 cm³/mol. The Labute approximate surface area is 222 Å². The number of nitrogens with zero attached hydrogens (tertiary/aromatic N) is 2. The van der Waals surface area contributed by atoms with E-state index in [1.807, 2.05) is 19.9 Å². The smallest absolute Gasteiger partial charge is 0.255 e. The van der Waals surface area contributed by atoms with Gasteiger partial charge in [-0.3, -0.25) is 9.59 Å². The predicted octanol–water partition coefficient (Wildman–Crippen LogP) is 3.71. The Morgan fingerprint density at radius 1 is 0.947 bits per heavy atom. The van der Waals surface area contributed by atoms with Gasteiger partial charge in [-0.1, -0.05) is 6.07 Å². The van der Waals surface area contributed by atoms with Crippen molar-refractivity contribution in [2.24, 2.45) is 5.92 Å². The Morgan fingerprint density at radius 2 is 1.68 bits per heavy atom. The molecule has 1 fully saturated rings. The molecule has 2 unspecified atom stereocenters. The van der Waals surface area contributed by atoms with Gasteiger partial charge in [0.1, 0.15) is 0 Å². The maximum atomic E-state index is 13.5. The topological polar surface area (TPSA) is 107 Å². The van der Waals surface area contributed by atoms with E-state index in [9.17, 15) is 18.0 Å². The summed E-state index contributed by atoms with van der Waals surface area (Å²) in [7, 11) is -3.73. The van der Waals surface area contributed by atoms with Crippen molar-refractivity contribution < 1.29 is 22.7 Å². The molecule has 9 nitrogen and oxygen atoms in total. The lowest BCUT2D eigenvalue weighted by Gasteiger charge is -2.42. The molecule has 3 heterocycles. The summed E-state index contributed by atoms with van der Waals surface area (Å²) in [5, 5.41) is 2.81. The number of anilines is 1. The fourth-order valence-corrected chi connectivity index (χ4v) is 6.87. The number of piperidine rings is 1. The van der Waals surface area contributed by atoms with Crippen LogP contribution in [0.15, 0.2) is 70.4 Å². The van der Waals surface area contributed by atoms with Gasteiger partial charge in [0.15, 0.2) is 11.5 Å². The molecule has 2 bridgehead atoms. The van der Waals surface area contributed by atoms with Gasteiger partial charge in [-0.25, -0.2) is 8.42 Å². The number of carbonyl (C=O) groups is 1. The summed E-state index contributed by atoms with van der Waals surface area (Å²) in [6, 6.07) is 16.4. The highest BCUT2D eigenvalue weighted by atomic mass is 32.2. The maximum Gasteiger partial charge on any atom is 0.255 e. The van der Waals surface area contributed by atoms with E-state index in [-0.39, 0.29) is 28.2 Å². The number of benzene rings is 2. The molecule has 2 aromatic carbocycles. The van der Waals surface area contributed by atoms with E-state index in [1.165, 1.54) is 16.4 Å². The summed E-state index contributed by atoms with van der Waals surface area (Å²) in [6.07, 6.45) is 0.872. The highest BCUT2D eigenvalue weighted by molar-refractivity contribution is 7.89. The molecule has 0 radical (unpaired) electrons. The van der Waals surface area contributed by atoms with Crippen LogP contribution in [0.1, 0.15) is 42.2 Å². The van der Waals surface area contributed by atoms with Crippen LogP contribution in [0.4, 0.5) is 5.69 Å². The van der Waals surface area contributed by atoms with Crippen molar-refractivity contribution in [2.45, 2.75) is 37.6 Å². The Morgan fingerprint density at radius 3 is 2.42 bits per heavy atom. The highest BCUT2D eigenvalue weighted by Gasteiger charge is 2.39. The monoisotopic (exact) mass is 537 g/mol. The number of sulfonamides is 1. The van der Waals surface area contributed by atoms with Crippen LogP contribution in [-0.2, 0) is 16.6 Å². The molecule has 2 atom stereocenters. The normalized spacial score (nSPS) is 18.9. The molecule has 2 aliphatic rings. The van der Waals surface area contributed by atoms with E-state index in [0.717, 1.165) is 12.1 Å². The summed E-state index contributed by atoms with van der Waals surface area (Å²) in [4.78, 5) is 25.3. The third kappa shape index (κ3) is 5.06. The fraction of sp³-hybridized carbons (Fsp3) is 0.357. The summed E-state index contributed by atoms with van der Waals surface area (Å²) < 4.78 is 41.4. The van der Waals surface area contributed by atoms with Gasteiger partial charge in [-0.05, 0) is 74.7 Å². The second-order valence-electron chi connectivity index (χ2n) is 9.53. The minimum atomic E-state index is -3.73. The van der Waals surface area contributed by atoms with Gasteiger partial charge in [-0.15, -0.1) is 0 Å². The average molecular weight is 538 g/mol. The lowest BCUT2D eigenvalue weighted by molar-refractivity contribution is 0.102. The zero-order chi connectivity index (χ0) is 26.9. The molecule has 1 amide bonds. The van der Waals surface area contributed by atoms with Crippen LogP contribution >= 0.6 is 0 Å². The van der Waals surface area contributed by atoms with Crippen molar-refractivity contribution >= 4 is 21.6 Å². The number of hydrogen-bond acceptors (Lipinski definition) is 6. The number of fused-ring (bicyclic) bond motifs is 4. The zero-order valence-corrected chi connectivity index (χ0v) is 22.2. The van der Waals surface area contributed by atoms with Crippen molar-refractivity contribution in [1.29, 1.82) is 0 Å². The summed E-state index contributed by atoms with van der Waals surface area (Å²) in [5.41, 5.74) is 1.73. The minimum Gasteiger partial charge on any atom is -0.490 e. The van der Waals surface area contributed by atoms with Gasteiger partial charge >= 0.3 is 0 Å². The Balaban J connectivity index is 1.30. The molecule has 200 valence electrons. The summed E-state index contributed by atoms with van der Waals surface area (Å²) >= 11 is 0. The molecular weight excluding hydrogens is 506 g/mol. The quantitative estimate of drug-likeness (QED) is 0.470. The standard InChI is InChI=1S/C28H31N3O6S/c1-3-36-25-13-8-20(15-26(25)37-4-2)28(33)29-22-9-11-23(12-10-22)38(34,35)30-16-19-14-21(18-30)24-6-5-7-27(32)31(24)17-19/h5-13,15,19,21H,3-4,14,16-18H2,1-2H3,(H,29,33). The molecule has 2 aliphatic heterocycles. The first-order valence-corrected chi connectivity index (χ1v) is 14.2. The number of pyridine rings is 1. The lowest BCUT2D eigenvalue weighted by atomic mass is 9.84. The van der Waals surface area contributed by atoms with Crippen LogP contribution in [0.5, 0.6) is 11.5 Å². The first kappa shape index (κ1) is 26.0. The maximum absolute atomic E-state index is 13.5. The largest absolute Gasteiger partial charge is 0.490 e. The van der Waals surface area contributed by atoms with Crippen molar-refractivity contribution in [3.05, 3.63) is 82.3 Å². The van der Waals surface area contributed by atoms with Crippen LogP contribution < -0.4 is 20.3 Å². The SMILES string of the molecule is CCOc1ccc(C(=O)Nc2ccc(S(=O)(=O)N3CC4CC(C3)c3cccc(=O)n3C4)cc2)cc1OCC. The molecule has 1 saturated heterocycles. The molecule has 38 heavy (non-hydrogen) atoms. The molecule has 3 aromatic rings. The Hall–Kier alpha value is -3.63. The number of aromatic nitrogens is 1. The Bertz CT molecular complexity index is 1500. The van der Waals surface area contributed by atoms with Crippen LogP contribution in [0.2, 0.25) is 0 Å². The highest BCUT2D eigenvalue weighted by Crippen LogP contribution is 2.37. The first-order chi connectivity index (χ1) is 18.3. The number of carbonyl (C=O) groups excluding carboxylic acids is 1. The van der Waals surface area contributed by atoms with Gasteiger partial charge < -0.3 is 19.4 Å². The molecule has 1 N–H and O–H groups in total. The minimum absolute atomic E-state index is 0.0135. The van der Waals surface area contributed by atoms with Gasteiger partial charge in [-0.2, -0.15) is 4.31 Å². The van der Waals surface area contributed by atoms with Gasteiger partial charge in [0.05, 0.1) is 18.1 Å². The molecule has 10 heteroatoms. The molecule has 0 spiro atoms. The van der Waals surface area contributed by atoms with Crippen LogP contribution in [0.25, 0.3) is 0 Å². The lowest BCUT2D eigenvalue weighted by Crippen LogP contribution is -2.48. The van der Waals surface area contributed by atoms with Crippen molar-refractivity contribution in [3.8, 4) is 11.5 Å². The van der Waals surface area contributed by atoms with E-state index < -0.39 is 10.0 Å². The second-order valence-corrected chi connectivity index (χ2v) is 11.5. The van der Waals surface area contributed by atoms with Crippen LogP contribution in [-0.4, -0.2) is 49.5 Å². The fourth-order valence-electron chi connectivity index (χ4n) is 5.30. The van der Waals surface area contributed by atoms with E-state index >= 15 is 0 Å². The molecular formula is C28H31N3O6S. The third-order valence-corrected chi connectivity index (χ3v) is 8.85. The molecule has 1 aromatic heterocycles. The van der Waals surface area contributed by atoms with Crippen LogP contribution in [0.3, 0.4) is 0 Å². The van der Waals surface area contributed by atoms with Crippen LogP contribution in [0, 0.1) is 5.92 Å². The molecule has 0 saturated carbocycles. The van der Waals surface area contributed by atoms with E-state index in [2.05, 4.69) is 5.32 Å². The number of amides is 1. The average Bonchev–Trinajstić information content (AvgIpc) is 2.91. The van der Waals surface area contributed by atoms with Crippen molar-refractivity contribution in [1.82, 2.24) is 8.87 Å². The Kier molecular flexibility index (Phi) is 7.27. The van der Waals surface area contributed by atoms with E-state index in [1.54, 1.807) is 47.0 Å². The first-order valence-electron chi connectivity index (χ1n) is 12.8. The number of hydrogen-bond donors (Lipinski definition) is 1. The zero-order valence-electron chi connectivity index (χ0n) is 21.4. The third-order valence-electron chi connectivity index (χ3n) is 7.00. The van der Waals surface area contributed by atoms with Crippen molar-refractivity contribution in [2.75, 3.05) is 31.6 Å².